The van der Waals surface area contributed by atoms with Gasteiger partial charge in [0, 0.05) is 11.6 Å². The fourth-order valence-corrected chi connectivity index (χ4v) is 3.65. The molecule has 3 rings (SSSR count). The SMILES string of the molecule is CCCCC1(c2ccccc2)NC(=O)N(Cc2cccc([N+](=O)[O-])c2C)C1=O. The molecule has 1 saturated heterocycles. The lowest BCUT2D eigenvalue weighted by molar-refractivity contribution is -0.385. The van der Waals surface area contributed by atoms with Crippen LogP contribution in [0.1, 0.15) is 42.9 Å². The minimum Gasteiger partial charge on any atom is -0.319 e. The number of imide groups is 1. The molecule has 1 aliphatic rings. The Morgan fingerprint density at radius 1 is 1.11 bits per heavy atom. The van der Waals surface area contributed by atoms with Gasteiger partial charge in [-0.25, -0.2) is 4.79 Å². The quantitative estimate of drug-likeness (QED) is 0.445. The molecule has 0 spiro atoms. The van der Waals surface area contributed by atoms with Crippen LogP contribution < -0.4 is 5.32 Å². The van der Waals surface area contributed by atoms with E-state index in [1.807, 2.05) is 37.3 Å². The molecule has 7 heteroatoms. The Hall–Kier alpha value is -3.22. The van der Waals surface area contributed by atoms with Gasteiger partial charge in [0.25, 0.3) is 11.6 Å². The van der Waals surface area contributed by atoms with Gasteiger partial charge in [-0.1, -0.05) is 62.2 Å². The lowest BCUT2D eigenvalue weighted by atomic mass is 9.85. The molecule has 146 valence electrons. The summed E-state index contributed by atoms with van der Waals surface area (Å²) in [6, 6.07) is 13.5. The van der Waals surface area contributed by atoms with Crippen LogP contribution in [-0.2, 0) is 16.9 Å². The summed E-state index contributed by atoms with van der Waals surface area (Å²) >= 11 is 0. The van der Waals surface area contributed by atoms with E-state index >= 15 is 0 Å². The summed E-state index contributed by atoms with van der Waals surface area (Å²) in [5, 5.41) is 14.1. The first-order chi connectivity index (χ1) is 13.4. The van der Waals surface area contributed by atoms with Crippen LogP contribution in [0.4, 0.5) is 10.5 Å². The first-order valence-electron chi connectivity index (χ1n) is 9.33. The predicted molar refractivity (Wildman–Crippen MR) is 105 cm³/mol. The maximum absolute atomic E-state index is 13.4. The lowest BCUT2D eigenvalue weighted by Crippen LogP contribution is -2.44. The van der Waals surface area contributed by atoms with E-state index in [9.17, 15) is 19.7 Å². The molecule has 0 aromatic heterocycles. The molecule has 2 aromatic carbocycles. The Labute approximate surface area is 163 Å². The molecule has 1 aliphatic heterocycles. The van der Waals surface area contributed by atoms with Crippen molar-refractivity contribution in [1.82, 2.24) is 10.2 Å². The van der Waals surface area contributed by atoms with E-state index in [4.69, 9.17) is 0 Å². The average Bonchev–Trinajstić information content (AvgIpc) is 2.93. The second kappa shape index (κ2) is 7.80. The summed E-state index contributed by atoms with van der Waals surface area (Å²) in [4.78, 5) is 38.0. The predicted octanol–water partition coefficient (Wildman–Crippen LogP) is 4.04. The highest BCUT2D eigenvalue weighted by Gasteiger charge is 2.51. The maximum atomic E-state index is 13.4. The summed E-state index contributed by atoms with van der Waals surface area (Å²) in [5.41, 5.74) is 0.670. The van der Waals surface area contributed by atoms with Crippen molar-refractivity contribution >= 4 is 17.6 Å². The summed E-state index contributed by atoms with van der Waals surface area (Å²) in [6.07, 6.45) is 2.18. The zero-order valence-electron chi connectivity index (χ0n) is 16.0. The number of urea groups is 1. The van der Waals surface area contributed by atoms with E-state index in [0.717, 1.165) is 23.3 Å². The van der Waals surface area contributed by atoms with E-state index in [1.54, 1.807) is 19.1 Å². The molecular formula is C21H23N3O4. The van der Waals surface area contributed by atoms with Crippen LogP contribution in [-0.4, -0.2) is 21.8 Å². The van der Waals surface area contributed by atoms with Crippen molar-refractivity contribution in [3.8, 4) is 0 Å². The number of rotatable bonds is 7. The third-order valence-corrected chi connectivity index (χ3v) is 5.29. The number of nitro groups is 1. The molecule has 0 radical (unpaired) electrons. The van der Waals surface area contributed by atoms with E-state index in [0.29, 0.717) is 17.5 Å². The topological polar surface area (TPSA) is 92.6 Å². The number of hydrogen-bond donors (Lipinski definition) is 1. The van der Waals surface area contributed by atoms with Crippen molar-refractivity contribution in [2.24, 2.45) is 0 Å². The molecule has 2 aromatic rings. The van der Waals surface area contributed by atoms with Crippen molar-refractivity contribution in [3.05, 3.63) is 75.3 Å². The fraction of sp³-hybridized carbons (Fsp3) is 0.333. The smallest absolute Gasteiger partial charge is 0.319 e. The number of nitrogens with one attached hydrogen (secondary N) is 1. The van der Waals surface area contributed by atoms with Gasteiger partial charge in [0.1, 0.15) is 5.54 Å². The highest BCUT2D eigenvalue weighted by Crippen LogP contribution is 2.35. The minimum absolute atomic E-state index is 0.00110. The molecule has 1 fully saturated rings. The van der Waals surface area contributed by atoms with Gasteiger partial charge in [0.05, 0.1) is 11.5 Å². The molecule has 7 nitrogen and oxygen atoms in total. The Kier molecular flexibility index (Phi) is 5.44. The molecule has 28 heavy (non-hydrogen) atoms. The van der Waals surface area contributed by atoms with Crippen molar-refractivity contribution in [2.75, 3.05) is 0 Å². The van der Waals surface area contributed by atoms with Crippen LogP contribution in [0.5, 0.6) is 0 Å². The third-order valence-electron chi connectivity index (χ3n) is 5.29. The highest BCUT2D eigenvalue weighted by atomic mass is 16.6. The van der Waals surface area contributed by atoms with Gasteiger partial charge in [-0.3, -0.25) is 19.8 Å². The maximum Gasteiger partial charge on any atom is 0.325 e. The van der Waals surface area contributed by atoms with Crippen LogP contribution >= 0.6 is 0 Å². The second-order valence-electron chi connectivity index (χ2n) is 7.01. The summed E-state index contributed by atoms with van der Waals surface area (Å²) in [5.74, 6) is -0.317. The molecule has 3 amide bonds. The Bertz CT molecular complexity index is 913. The molecule has 1 heterocycles. The first-order valence-corrected chi connectivity index (χ1v) is 9.33. The van der Waals surface area contributed by atoms with Crippen LogP contribution in [0.3, 0.4) is 0 Å². The molecule has 0 aliphatic carbocycles. The van der Waals surface area contributed by atoms with Crippen molar-refractivity contribution < 1.29 is 14.5 Å². The van der Waals surface area contributed by atoms with Crippen LogP contribution in [0.25, 0.3) is 0 Å². The van der Waals surface area contributed by atoms with Gasteiger partial charge < -0.3 is 5.32 Å². The Balaban J connectivity index is 1.96. The van der Waals surface area contributed by atoms with Crippen LogP contribution in [0, 0.1) is 17.0 Å². The van der Waals surface area contributed by atoms with E-state index < -0.39 is 16.5 Å². The molecule has 0 saturated carbocycles. The van der Waals surface area contributed by atoms with Crippen LogP contribution in [0.15, 0.2) is 48.5 Å². The number of carbonyl (C=O) groups excluding carboxylic acids is 2. The van der Waals surface area contributed by atoms with Gasteiger partial charge in [-0.15, -0.1) is 0 Å². The standard InChI is InChI=1S/C21H23N3O4/c1-3-4-13-21(17-10-6-5-7-11-17)19(25)23(20(26)22-21)14-16-9-8-12-18(15(16)2)24(27)28/h5-12H,3-4,13-14H2,1-2H3,(H,22,26). The summed E-state index contributed by atoms with van der Waals surface area (Å²) in [7, 11) is 0. The van der Waals surface area contributed by atoms with E-state index in [2.05, 4.69) is 5.32 Å². The van der Waals surface area contributed by atoms with Crippen molar-refractivity contribution in [1.29, 1.82) is 0 Å². The van der Waals surface area contributed by atoms with Crippen LogP contribution in [0.2, 0.25) is 0 Å². The summed E-state index contributed by atoms with van der Waals surface area (Å²) < 4.78 is 0. The molecule has 1 unspecified atom stereocenters. The lowest BCUT2D eigenvalue weighted by Gasteiger charge is -2.27. The monoisotopic (exact) mass is 381 g/mol. The minimum atomic E-state index is -1.09. The van der Waals surface area contributed by atoms with Gasteiger partial charge in [0.15, 0.2) is 0 Å². The van der Waals surface area contributed by atoms with Gasteiger partial charge in [-0.05, 0) is 24.5 Å². The van der Waals surface area contributed by atoms with Crippen molar-refractivity contribution in [2.45, 2.75) is 45.2 Å². The third kappa shape index (κ3) is 3.35. The number of benzene rings is 2. The number of nitro benzene ring substituents is 1. The molecular weight excluding hydrogens is 358 g/mol. The normalized spacial score (nSPS) is 19.0. The number of nitrogens with zero attached hydrogens (tertiary/aromatic N) is 2. The highest BCUT2D eigenvalue weighted by molar-refractivity contribution is 6.07. The Morgan fingerprint density at radius 2 is 1.82 bits per heavy atom. The van der Waals surface area contributed by atoms with Gasteiger partial charge >= 0.3 is 6.03 Å². The molecule has 1 N–H and O–H groups in total. The first kappa shape index (κ1) is 19.5. The Morgan fingerprint density at radius 3 is 2.46 bits per heavy atom. The molecule has 0 bridgehead atoms. The second-order valence-corrected chi connectivity index (χ2v) is 7.01. The summed E-state index contributed by atoms with van der Waals surface area (Å²) in [6.45, 7) is 3.66. The largest absolute Gasteiger partial charge is 0.325 e. The van der Waals surface area contributed by atoms with Gasteiger partial charge in [0.2, 0.25) is 0 Å². The fourth-order valence-electron chi connectivity index (χ4n) is 3.65. The molecule has 1 atom stereocenters. The average molecular weight is 381 g/mol. The number of carbonyl (C=O) groups is 2. The zero-order valence-corrected chi connectivity index (χ0v) is 16.0. The van der Waals surface area contributed by atoms with Gasteiger partial charge in [-0.2, -0.15) is 0 Å². The number of amides is 3. The van der Waals surface area contributed by atoms with E-state index in [-0.39, 0.29) is 18.1 Å². The zero-order chi connectivity index (χ0) is 20.3. The van der Waals surface area contributed by atoms with E-state index in [1.165, 1.54) is 6.07 Å². The van der Waals surface area contributed by atoms with Crippen molar-refractivity contribution in [3.63, 3.8) is 0 Å². The number of unbranched alkanes of at least 4 members (excludes halogenated alkanes) is 1. The number of hydrogen-bond acceptors (Lipinski definition) is 4.